The van der Waals surface area contributed by atoms with E-state index in [0.717, 1.165) is 37.1 Å². The summed E-state index contributed by atoms with van der Waals surface area (Å²) in [6.07, 6.45) is 2.77. The average molecular weight is 414 g/mol. The normalized spacial score (nSPS) is 11.2. The van der Waals surface area contributed by atoms with Crippen LogP contribution in [0.4, 0.5) is 0 Å². The van der Waals surface area contributed by atoms with Crippen LogP contribution in [0.3, 0.4) is 0 Å². The van der Waals surface area contributed by atoms with Crippen molar-refractivity contribution in [3.8, 4) is 5.75 Å². The molecule has 1 heterocycles. The van der Waals surface area contributed by atoms with Crippen LogP contribution in [0.2, 0.25) is 5.02 Å². The standard InChI is InChI=1S/C23H28ClN3O2/c1-17(2)13-15-27-21-7-4-3-6-20(21)26-22(27)8-5-14-25-23(28)16-29-19-11-9-18(24)10-12-19/h3-4,6-7,9-12,17H,5,8,13-16H2,1-2H3,(H,25,28). The Bertz CT molecular complexity index is 935. The van der Waals surface area contributed by atoms with Crippen LogP contribution in [-0.4, -0.2) is 28.6 Å². The first kappa shape index (κ1) is 21.2. The molecule has 0 saturated heterocycles. The van der Waals surface area contributed by atoms with E-state index >= 15 is 0 Å². The molecule has 0 atom stereocenters. The van der Waals surface area contributed by atoms with Crippen molar-refractivity contribution in [3.05, 3.63) is 59.4 Å². The highest BCUT2D eigenvalue weighted by Crippen LogP contribution is 2.19. The van der Waals surface area contributed by atoms with Crippen LogP contribution in [0, 0.1) is 5.92 Å². The fourth-order valence-electron chi connectivity index (χ4n) is 3.16. The molecule has 6 heteroatoms. The SMILES string of the molecule is CC(C)CCn1c(CCCNC(=O)COc2ccc(Cl)cc2)nc2ccccc21. The number of aromatic nitrogens is 2. The van der Waals surface area contributed by atoms with E-state index < -0.39 is 0 Å². The predicted molar refractivity (Wildman–Crippen MR) is 117 cm³/mol. The maximum absolute atomic E-state index is 12.0. The molecule has 1 aromatic heterocycles. The van der Waals surface area contributed by atoms with Crippen LogP contribution < -0.4 is 10.1 Å². The molecular formula is C23H28ClN3O2. The van der Waals surface area contributed by atoms with Gasteiger partial charge in [0.05, 0.1) is 11.0 Å². The van der Waals surface area contributed by atoms with Crippen LogP contribution >= 0.6 is 11.6 Å². The molecule has 154 valence electrons. The van der Waals surface area contributed by atoms with Crippen molar-refractivity contribution in [3.63, 3.8) is 0 Å². The van der Waals surface area contributed by atoms with Crippen LogP contribution in [-0.2, 0) is 17.8 Å². The molecule has 0 aliphatic heterocycles. The molecule has 2 aromatic carbocycles. The molecule has 0 aliphatic rings. The lowest BCUT2D eigenvalue weighted by molar-refractivity contribution is -0.123. The molecule has 3 aromatic rings. The summed E-state index contributed by atoms with van der Waals surface area (Å²) in [4.78, 5) is 16.8. The zero-order chi connectivity index (χ0) is 20.6. The minimum Gasteiger partial charge on any atom is -0.484 e. The maximum atomic E-state index is 12.0. The summed E-state index contributed by atoms with van der Waals surface area (Å²) in [5, 5.41) is 3.55. The number of halogens is 1. The first-order chi connectivity index (χ1) is 14.0. The number of aryl methyl sites for hydroxylation is 2. The van der Waals surface area contributed by atoms with Gasteiger partial charge in [-0.25, -0.2) is 4.98 Å². The number of para-hydroxylation sites is 2. The summed E-state index contributed by atoms with van der Waals surface area (Å²) in [5.74, 6) is 2.22. The monoisotopic (exact) mass is 413 g/mol. The van der Waals surface area contributed by atoms with Crippen molar-refractivity contribution in [1.82, 2.24) is 14.9 Å². The fourth-order valence-corrected chi connectivity index (χ4v) is 3.28. The molecule has 0 spiro atoms. The second kappa shape index (κ2) is 10.3. The van der Waals surface area contributed by atoms with Crippen molar-refractivity contribution in [2.45, 2.75) is 39.7 Å². The van der Waals surface area contributed by atoms with Gasteiger partial charge in [-0.2, -0.15) is 0 Å². The zero-order valence-electron chi connectivity index (χ0n) is 17.0. The van der Waals surface area contributed by atoms with E-state index in [9.17, 15) is 4.79 Å². The quantitative estimate of drug-likeness (QED) is 0.483. The van der Waals surface area contributed by atoms with Crippen molar-refractivity contribution in [2.24, 2.45) is 5.92 Å². The molecule has 1 amide bonds. The summed E-state index contributed by atoms with van der Waals surface area (Å²) in [6.45, 7) is 6.03. The Morgan fingerprint density at radius 2 is 1.93 bits per heavy atom. The van der Waals surface area contributed by atoms with Gasteiger partial charge >= 0.3 is 0 Å². The Morgan fingerprint density at radius 3 is 2.69 bits per heavy atom. The summed E-state index contributed by atoms with van der Waals surface area (Å²) in [5.41, 5.74) is 2.22. The molecule has 0 radical (unpaired) electrons. The number of benzene rings is 2. The largest absolute Gasteiger partial charge is 0.484 e. The maximum Gasteiger partial charge on any atom is 0.257 e. The molecule has 0 aliphatic carbocycles. The third-order valence-electron chi connectivity index (χ3n) is 4.75. The second-order valence-electron chi connectivity index (χ2n) is 7.55. The predicted octanol–water partition coefficient (Wildman–Crippen LogP) is 4.86. The number of carbonyl (C=O) groups is 1. The third-order valence-corrected chi connectivity index (χ3v) is 5.00. The number of fused-ring (bicyclic) bond motifs is 1. The van der Waals surface area contributed by atoms with Gasteiger partial charge in [0.1, 0.15) is 11.6 Å². The number of nitrogens with one attached hydrogen (secondary N) is 1. The van der Waals surface area contributed by atoms with Gasteiger partial charge in [-0.05, 0) is 55.2 Å². The molecule has 0 saturated carbocycles. The summed E-state index contributed by atoms with van der Waals surface area (Å²) < 4.78 is 7.78. The summed E-state index contributed by atoms with van der Waals surface area (Å²) >= 11 is 5.84. The van der Waals surface area contributed by atoms with Crippen LogP contribution in [0.15, 0.2) is 48.5 Å². The zero-order valence-corrected chi connectivity index (χ0v) is 17.8. The van der Waals surface area contributed by atoms with Gasteiger partial charge in [0, 0.05) is 24.5 Å². The third kappa shape index (κ3) is 6.23. The van der Waals surface area contributed by atoms with E-state index in [0.29, 0.717) is 23.2 Å². The van der Waals surface area contributed by atoms with E-state index in [4.69, 9.17) is 21.3 Å². The van der Waals surface area contributed by atoms with Gasteiger partial charge in [0.2, 0.25) is 0 Å². The number of ether oxygens (including phenoxy) is 1. The van der Waals surface area contributed by atoms with Gasteiger partial charge in [0.25, 0.3) is 5.91 Å². The van der Waals surface area contributed by atoms with E-state index in [1.165, 1.54) is 5.52 Å². The van der Waals surface area contributed by atoms with Crippen LogP contribution in [0.5, 0.6) is 5.75 Å². The molecular weight excluding hydrogens is 386 g/mol. The van der Waals surface area contributed by atoms with E-state index in [1.54, 1.807) is 24.3 Å². The molecule has 3 rings (SSSR count). The number of nitrogens with zero attached hydrogens (tertiary/aromatic N) is 2. The minimum absolute atomic E-state index is 0.00542. The van der Waals surface area contributed by atoms with Crippen molar-refractivity contribution >= 4 is 28.5 Å². The highest BCUT2D eigenvalue weighted by Gasteiger charge is 2.11. The molecule has 1 N–H and O–H groups in total. The Balaban J connectivity index is 1.48. The lowest BCUT2D eigenvalue weighted by atomic mass is 10.1. The van der Waals surface area contributed by atoms with E-state index in [2.05, 4.69) is 41.9 Å². The topological polar surface area (TPSA) is 56.2 Å². The fraction of sp³-hybridized carbons (Fsp3) is 0.391. The lowest BCUT2D eigenvalue weighted by Gasteiger charge is -2.11. The Kier molecular flexibility index (Phi) is 7.53. The molecule has 0 unspecified atom stereocenters. The number of amides is 1. The Labute approximate surface area is 177 Å². The molecule has 29 heavy (non-hydrogen) atoms. The van der Waals surface area contributed by atoms with E-state index in [1.807, 2.05) is 6.07 Å². The van der Waals surface area contributed by atoms with Gasteiger partial charge in [-0.3, -0.25) is 4.79 Å². The van der Waals surface area contributed by atoms with Crippen molar-refractivity contribution < 1.29 is 9.53 Å². The molecule has 0 bridgehead atoms. The van der Waals surface area contributed by atoms with Crippen molar-refractivity contribution in [2.75, 3.05) is 13.2 Å². The highest BCUT2D eigenvalue weighted by molar-refractivity contribution is 6.30. The second-order valence-corrected chi connectivity index (χ2v) is 7.98. The number of hydrogen-bond donors (Lipinski definition) is 1. The van der Waals surface area contributed by atoms with Crippen molar-refractivity contribution in [1.29, 1.82) is 0 Å². The van der Waals surface area contributed by atoms with Gasteiger partial charge in [-0.15, -0.1) is 0 Å². The Morgan fingerprint density at radius 1 is 1.17 bits per heavy atom. The number of hydrogen-bond acceptors (Lipinski definition) is 3. The van der Waals surface area contributed by atoms with Gasteiger partial charge < -0.3 is 14.6 Å². The number of carbonyl (C=O) groups excluding carboxylic acids is 1. The van der Waals surface area contributed by atoms with Gasteiger partial charge in [-0.1, -0.05) is 37.6 Å². The first-order valence-electron chi connectivity index (χ1n) is 10.1. The number of rotatable bonds is 10. The smallest absolute Gasteiger partial charge is 0.257 e. The average Bonchev–Trinajstić information content (AvgIpc) is 3.06. The summed E-state index contributed by atoms with van der Waals surface area (Å²) in [7, 11) is 0. The van der Waals surface area contributed by atoms with Gasteiger partial charge in [0.15, 0.2) is 6.61 Å². The highest BCUT2D eigenvalue weighted by atomic mass is 35.5. The molecule has 5 nitrogen and oxygen atoms in total. The number of imidazole rings is 1. The minimum atomic E-state index is -0.131. The lowest BCUT2D eigenvalue weighted by Crippen LogP contribution is -2.30. The van der Waals surface area contributed by atoms with Crippen LogP contribution in [0.1, 0.15) is 32.5 Å². The first-order valence-corrected chi connectivity index (χ1v) is 10.5. The van der Waals surface area contributed by atoms with E-state index in [-0.39, 0.29) is 12.5 Å². The summed E-state index contributed by atoms with van der Waals surface area (Å²) in [6, 6.07) is 15.2. The van der Waals surface area contributed by atoms with Crippen LogP contribution in [0.25, 0.3) is 11.0 Å². The molecule has 0 fully saturated rings. The Hall–Kier alpha value is -2.53.